The lowest BCUT2D eigenvalue weighted by Crippen LogP contribution is -2.37. The van der Waals surface area contributed by atoms with Crippen LogP contribution in [0.3, 0.4) is 0 Å². The molecule has 2 aromatic rings. The Morgan fingerprint density at radius 1 is 1.00 bits per heavy atom. The fourth-order valence-electron chi connectivity index (χ4n) is 3.11. The molecule has 3 N–H and O–H groups in total. The average Bonchev–Trinajstić information content (AvgIpc) is 3.04. The normalized spacial score (nSPS) is 13.1. The second-order valence-electron chi connectivity index (χ2n) is 6.65. The van der Waals surface area contributed by atoms with Gasteiger partial charge in [0, 0.05) is 25.2 Å². The van der Waals surface area contributed by atoms with E-state index in [-0.39, 0.29) is 43.3 Å². The summed E-state index contributed by atoms with van der Waals surface area (Å²) in [7, 11) is 0. The standard InChI is InChI=1S/C21H24N4O3.ClH/c22-11-13-24(12-10-16-4-2-1-3-5-16)20(27)18-8-6-17(7-9-18)15-25-19(26)14-23-21(25)28;/h1-9H,10-15,22H2,(H,23,28);1H. The first-order valence-electron chi connectivity index (χ1n) is 9.29. The second kappa shape index (κ2) is 10.6. The van der Waals surface area contributed by atoms with E-state index >= 15 is 0 Å². The van der Waals surface area contributed by atoms with Gasteiger partial charge in [0.15, 0.2) is 0 Å². The van der Waals surface area contributed by atoms with Crippen molar-refractivity contribution in [3.63, 3.8) is 0 Å². The number of nitrogens with zero attached hydrogens (tertiary/aromatic N) is 2. The molecule has 29 heavy (non-hydrogen) atoms. The van der Waals surface area contributed by atoms with E-state index in [0.717, 1.165) is 16.9 Å². The van der Waals surface area contributed by atoms with Gasteiger partial charge in [-0.3, -0.25) is 14.5 Å². The van der Waals surface area contributed by atoms with Gasteiger partial charge in [-0.05, 0) is 29.7 Å². The SMILES string of the molecule is Cl.NCCN(CCc1ccccc1)C(=O)c1ccc(CN2C(=O)CNC2=O)cc1. The molecule has 0 spiro atoms. The van der Waals surface area contributed by atoms with E-state index in [2.05, 4.69) is 5.32 Å². The Morgan fingerprint density at radius 3 is 2.28 bits per heavy atom. The van der Waals surface area contributed by atoms with Crippen LogP contribution >= 0.6 is 12.4 Å². The summed E-state index contributed by atoms with van der Waals surface area (Å²) in [5, 5.41) is 2.49. The number of urea groups is 1. The Morgan fingerprint density at radius 2 is 1.69 bits per heavy atom. The van der Waals surface area contributed by atoms with Crippen LogP contribution in [-0.4, -0.2) is 53.8 Å². The highest BCUT2D eigenvalue weighted by molar-refractivity contribution is 6.01. The van der Waals surface area contributed by atoms with Crippen LogP contribution < -0.4 is 11.1 Å². The van der Waals surface area contributed by atoms with Crippen molar-refractivity contribution in [1.29, 1.82) is 0 Å². The van der Waals surface area contributed by atoms with Crippen LogP contribution in [0.1, 0.15) is 21.5 Å². The number of carbonyl (C=O) groups is 3. The van der Waals surface area contributed by atoms with Crippen molar-refractivity contribution >= 4 is 30.3 Å². The summed E-state index contributed by atoms with van der Waals surface area (Å²) in [5.41, 5.74) is 8.20. The number of nitrogens with two attached hydrogens (primary N) is 1. The fourth-order valence-corrected chi connectivity index (χ4v) is 3.11. The molecule has 1 aliphatic heterocycles. The maximum Gasteiger partial charge on any atom is 0.324 e. The van der Waals surface area contributed by atoms with Crippen molar-refractivity contribution in [2.75, 3.05) is 26.2 Å². The van der Waals surface area contributed by atoms with Crippen molar-refractivity contribution in [3.8, 4) is 0 Å². The summed E-state index contributed by atoms with van der Waals surface area (Å²) in [4.78, 5) is 39.1. The van der Waals surface area contributed by atoms with Crippen LogP contribution in [0.5, 0.6) is 0 Å². The van der Waals surface area contributed by atoms with Gasteiger partial charge in [-0.2, -0.15) is 0 Å². The summed E-state index contributed by atoms with van der Waals surface area (Å²) in [6, 6.07) is 16.6. The summed E-state index contributed by atoms with van der Waals surface area (Å²) in [6.07, 6.45) is 0.761. The fraction of sp³-hybridized carbons (Fsp3) is 0.286. The van der Waals surface area contributed by atoms with Crippen molar-refractivity contribution in [1.82, 2.24) is 15.1 Å². The minimum Gasteiger partial charge on any atom is -0.337 e. The number of amides is 4. The highest BCUT2D eigenvalue weighted by Gasteiger charge is 2.28. The van der Waals surface area contributed by atoms with Crippen molar-refractivity contribution < 1.29 is 14.4 Å². The van der Waals surface area contributed by atoms with Crippen molar-refractivity contribution in [2.24, 2.45) is 5.73 Å². The van der Waals surface area contributed by atoms with Gasteiger partial charge in [0.25, 0.3) is 5.91 Å². The average molecular weight is 417 g/mol. The maximum absolute atomic E-state index is 12.9. The number of nitrogens with one attached hydrogen (secondary N) is 1. The quantitative estimate of drug-likeness (QED) is 0.641. The molecule has 0 aromatic heterocycles. The predicted octanol–water partition coefficient (Wildman–Crippen LogP) is 1.80. The van der Waals surface area contributed by atoms with Gasteiger partial charge in [0.05, 0.1) is 13.1 Å². The zero-order valence-electron chi connectivity index (χ0n) is 16.0. The first kappa shape index (κ1) is 22.4. The van der Waals surface area contributed by atoms with Gasteiger partial charge in [-0.1, -0.05) is 42.5 Å². The number of hydrogen-bond acceptors (Lipinski definition) is 4. The smallest absolute Gasteiger partial charge is 0.324 e. The van der Waals surface area contributed by atoms with E-state index in [1.54, 1.807) is 29.2 Å². The van der Waals surface area contributed by atoms with E-state index in [1.807, 2.05) is 30.3 Å². The van der Waals surface area contributed by atoms with Gasteiger partial charge in [0.2, 0.25) is 5.91 Å². The molecule has 2 aromatic carbocycles. The number of halogens is 1. The lowest BCUT2D eigenvalue weighted by atomic mass is 10.1. The van der Waals surface area contributed by atoms with Crippen molar-refractivity contribution in [2.45, 2.75) is 13.0 Å². The number of carbonyl (C=O) groups excluding carboxylic acids is 3. The molecule has 4 amide bonds. The number of hydrogen-bond donors (Lipinski definition) is 2. The first-order chi connectivity index (χ1) is 13.6. The Bertz CT molecular complexity index is 827. The molecule has 0 unspecified atom stereocenters. The molecule has 7 nitrogen and oxygen atoms in total. The highest BCUT2D eigenvalue weighted by Crippen LogP contribution is 2.12. The molecule has 0 saturated carbocycles. The van der Waals surface area contributed by atoms with E-state index < -0.39 is 0 Å². The highest BCUT2D eigenvalue weighted by atomic mass is 35.5. The van der Waals surface area contributed by atoms with Gasteiger partial charge < -0.3 is 16.0 Å². The molecule has 1 saturated heterocycles. The molecule has 154 valence electrons. The maximum atomic E-state index is 12.9. The van der Waals surface area contributed by atoms with Gasteiger partial charge in [0.1, 0.15) is 0 Å². The summed E-state index contributed by atoms with van der Waals surface area (Å²) in [6.45, 7) is 1.69. The van der Waals surface area contributed by atoms with E-state index in [4.69, 9.17) is 5.73 Å². The largest absolute Gasteiger partial charge is 0.337 e. The third kappa shape index (κ3) is 5.79. The summed E-state index contributed by atoms with van der Waals surface area (Å²) >= 11 is 0. The summed E-state index contributed by atoms with van der Waals surface area (Å²) < 4.78 is 0. The Labute approximate surface area is 176 Å². The zero-order chi connectivity index (χ0) is 19.9. The van der Waals surface area contributed by atoms with Crippen LogP contribution in [0.15, 0.2) is 54.6 Å². The lowest BCUT2D eigenvalue weighted by Gasteiger charge is -2.22. The van der Waals surface area contributed by atoms with E-state index in [0.29, 0.717) is 25.2 Å². The van der Waals surface area contributed by atoms with Crippen LogP contribution in [0.4, 0.5) is 4.79 Å². The molecule has 0 atom stereocenters. The summed E-state index contributed by atoms with van der Waals surface area (Å²) in [5.74, 6) is -0.330. The molecule has 0 aliphatic carbocycles. The molecular formula is C21H25ClN4O3. The van der Waals surface area contributed by atoms with Crippen LogP contribution in [0.25, 0.3) is 0 Å². The Kier molecular flexibility index (Phi) is 8.18. The molecule has 8 heteroatoms. The number of imide groups is 1. The van der Waals surface area contributed by atoms with Crippen molar-refractivity contribution in [3.05, 3.63) is 71.3 Å². The minimum absolute atomic E-state index is 0. The van der Waals surface area contributed by atoms with Gasteiger partial charge in [-0.25, -0.2) is 4.79 Å². The van der Waals surface area contributed by atoms with E-state index in [9.17, 15) is 14.4 Å². The number of benzene rings is 2. The molecule has 1 heterocycles. The Hall–Kier alpha value is -2.90. The zero-order valence-corrected chi connectivity index (χ0v) is 16.9. The monoisotopic (exact) mass is 416 g/mol. The molecule has 0 bridgehead atoms. The number of rotatable bonds is 8. The van der Waals surface area contributed by atoms with Gasteiger partial charge in [-0.15, -0.1) is 12.4 Å². The third-order valence-corrected chi connectivity index (χ3v) is 4.68. The van der Waals surface area contributed by atoms with E-state index in [1.165, 1.54) is 5.56 Å². The molecular weight excluding hydrogens is 392 g/mol. The minimum atomic E-state index is -0.389. The topological polar surface area (TPSA) is 95.7 Å². The molecule has 0 radical (unpaired) electrons. The van der Waals surface area contributed by atoms with Crippen LogP contribution in [0, 0.1) is 0 Å². The lowest BCUT2D eigenvalue weighted by molar-refractivity contribution is -0.125. The van der Waals surface area contributed by atoms with Crippen LogP contribution in [-0.2, 0) is 17.8 Å². The molecule has 1 aliphatic rings. The van der Waals surface area contributed by atoms with Crippen LogP contribution in [0.2, 0.25) is 0 Å². The van der Waals surface area contributed by atoms with Gasteiger partial charge >= 0.3 is 6.03 Å². The Balaban J connectivity index is 0.00000300. The predicted molar refractivity (Wildman–Crippen MR) is 113 cm³/mol. The second-order valence-corrected chi connectivity index (χ2v) is 6.65. The molecule has 1 fully saturated rings. The molecule has 3 rings (SSSR count). The first-order valence-corrected chi connectivity index (χ1v) is 9.29. The third-order valence-electron chi connectivity index (χ3n) is 4.68.